The number of amides is 1. The molecule has 2 rings (SSSR count). The van der Waals surface area contributed by atoms with Gasteiger partial charge in [-0.05, 0) is 47.3 Å². The molecule has 5 nitrogen and oxygen atoms in total. The van der Waals surface area contributed by atoms with E-state index in [-0.39, 0.29) is 24.3 Å². The quantitative estimate of drug-likeness (QED) is 0.378. The lowest BCUT2D eigenvalue weighted by atomic mass is 10.1. The molecular formula is C15H20BrN3O2. The van der Waals surface area contributed by atoms with Crippen LogP contribution in [0.4, 0.5) is 0 Å². The third-order valence-corrected chi connectivity index (χ3v) is 4.96. The molecule has 1 aliphatic carbocycles. The maximum atomic E-state index is 12.9. The average Bonchev–Trinajstić information content (AvgIpc) is 3.00. The number of carbonyl (C=O) groups is 1. The number of aryl methyl sites for hydroxylation is 1. The highest BCUT2D eigenvalue weighted by atomic mass is 79.9. The molecule has 0 unspecified atom stereocenters. The Bertz CT molecular complexity index is 554. The zero-order valence-corrected chi connectivity index (χ0v) is 13.6. The summed E-state index contributed by atoms with van der Waals surface area (Å²) in [5.74, 6) is -0.0249. The zero-order valence-electron chi connectivity index (χ0n) is 12.1. The minimum atomic E-state index is -0.0796. The predicted octanol–water partition coefficient (Wildman–Crippen LogP) is 2.89. The molecular weight excluding hydrogens is 334 g/mol. The molecule has 0 bridgehead atoms. The number of halogens is 1. The lowest BCUT2D eigenvalue weighted by Crippen LogP contribution is -2.44. The first-order chi connectivity index (χ1) is 10.0. The van der Waals surface area contributed by atoms with E-state index in [1.54, 1.807) is 11.0 Å². The largest absolute Gasteiger partial charge is 0.409 e. The molecule has 114 valence electrons. The Morgan fingerprint density at radius 1 is 1.48 bits per heavy atom. The summed E-state index contributed by atoms with van der Waals surface area (Å²) in [6.45, 7) is 2.10. The first-order valence-electron chi connectivity index (χ1n) is 7.07. The molecule has 6 heteroatoms. The van der Waals surface area contributed by atoms with E-state index in [1.807, 2.05) is 19.1 Å². The van der Waals surface area contributed by atoms with E-state index in [2.05, 4.69) is 21.1 Å². The van der Waals surface area contributed by atoms with Crippen molar-refractivity contribution < 1.29 is 10.0 Å². The van der Waals surface area contributed by atoms with Crippen molar-refractivity contribution >= 4 is 27.7 Å². The smallest absolute Gasteiger partial charge is 0.255 e. The summed E-state index contributed by atoms with van der Waals surface area (Å²) in [6, 6.07) is 5.77. The van der Waals surface area contributed by atoms with Crippen molar-refractivity contribution in [2.75, 3.05) is 6.54 Å². The Balaban J connectivity index is 2.30. The summed E-state index contributed by atoms with van der Waals surface area (Å²) in [5, 5.41) is 11.8. The number of amidine groups is 1. The summed E-state index contributed by atoms with van der Waals surface area (Å²) in [5.41, 5.74) is 7.25. The molecule has 0 radical (unpaired) electrons. The monoisotopic (exact) mass is 353 g/mol. The fourth-order valence-corrected chi connectivity index (χ4v) is 3.19. The molecule has 0 atom stereocenters. The highest BCUT2D eigenvalue weighted by molar-refractivity contribution is 9.10. The molecule has 0 heterocycles. The van der Waals surface area contributed by atoms with Crippen LogP contribution in [0.15, 0.2) is 27.8 Å². The second kappa shape index (κ2) is 6.93. The minimum Gasteiger partial charge on any atom is -0.409 e. The number of nitrogens with zero attached hydrogens (tertiary/aromatic N) is 2. The number of hydrogen-bond acceptors (Lipinski definition) is 3. The molecule has 3 N–H and O–H groups in total. The van der Waals surface area contributed by atoms with Gasteiger partial charge in [-0.2, -0.15) is 0 Å². The third-order valence-electron chi connectivity index (χ3n) is 3.91. The van der Waals surface area contributed by atoms with Gasteiger partial charge in [0.05, 0.1) is 12.1 Å². The van der Waals surface area contributed by atoms with Crippen molar-refractivity contribution in [2.24, 2.45) is 10.9 Å². The highest BCUT2D eigenvalue weighted by Crippen LogP contribution is 2.28. The predicted molar refractivity (Wildman–Crippen MR) is 85.6 cm³/mol. The maximum Gasteiger partial charge on any atom is 0.255 e. The number of benzene rings is 1. The van der Waals surface area contributed by atoms with Crippen molar-refractivity contribution in [1.82, 2.24) is 4.90 Å². The van der Waals surface area contributed by atoms with Gasteiger partial charge >= 0.3 is 0 Å². The van der Waals surface area contributed by atoms with Gasteiger partial charge < -0.3 is 15.8 Å². The first-order valence-corrected chi connectivity index (χ1v) is 7.86. The van der Waals surface area contributed by atoms with Gasteiger partial charge in [0.2, 0.25) is 0 Å². The Labute approximate surface area is 132 Å². The third kappa shape index (κ3) is 3.56. The van der Waals surface area contributed by atoms with E-state index >= 15 is 0 Å². The van der Waals surface area contributed by atoms with Crippen LogP contribution >= 0.6 is 15.9 Å². The van der Waals surface area contributed by atoms with Crippen molar-refractivity contribution in [3.63, 3.8) is 0 Å². The molecule has 0 saturated heterocycles. The van der Waals surface area contributed by atoms with Crippen molar-refractivity contribution in [3.05, 3.63) is 33.8 Å². The van der Waals surface area contributed by atoms with Gasteiger partial charge in [-0.1, -0.05) is 30.1 Å². The van der Waals surface area contributed by atoms with E-state index in [1.165, 1.54) is 0 Å². The van der Waals surface area contributed by atoms with E-state index in [0.29, 0.717) is 5.56 Å². The standard InChI is InChI=1S/C15H20BrN3O2/c1-10-5-4-8-12(14(10)16)15(20)19(9-13(17)18-21)11-6-2-3-7-11/h4-5,8,11,21H,2-3,6-7,9H2,1H3,(H2,17,18). The molecule has 1 aliphatic rings. The van der Waals surface area contributed by atoms with Crippen LogP contribution in [0.5, 0.6) is 0 Å². The van der Waals surface area contributed by atoms with Crippen LogP contribution in [0.2, 0.25) is 0 Å². The minimum absolute atomic E-state index is 0.0547. The normalized spacial score (nSPS) is 16.2. The Hall–Kier alpha value is -1.56. The summed E-state index contributed by atoms with van der Waals surface area (Å²) >= 11 is 3.48. The van der Waals surface area contributed by atoms with Crippen LogP contribution in [0.25, 0.3) is 0 Å². The number of nitrogens with two attached hydrogens (primary N) is 1. The van der Waals surface area contributed by atoms with Crippen LogP contribution < -0.4 is 5.73 Å². The number of rotatable bonds is 4. The fraction of sp³-hybridized carbons (Fsp3) is 0.467. The van der Waals surface area contributed by atoms with Crippen LogP contribution in [0.3, 0.4) is 0 Å². The van der Waals surface area contributed by atoms with Crippen LogP contribution in [0, 0.1) is 6.92 Å². The Morgan fingerprint density at radius 2 is 2.14 bits per heavy atom. The van der Waals surface area contributed by atoms with Gasteiger partial charge in [-0.15, -0.1) is 0 Å². The molecule has 1 aromatic rings. The summed E-state index contributed by atoms with van der Waals surface area (Å²) in [4.78, 5) is 14.6. The number of oxime groups is 1. The van der Waals surface area contributed by atoms with Crippen LogP contribution in [-0.2, 0) is 0 Å². The van der Waals surface area contributed by atoms with Crippen molar-refractivity contribution in [1.29, 1.82) is 0 Å². The highest BCUT2D eigenvalue weighted by Gasteiger charge is 2.29. The van der Waals surface area contributed by atoms with Crippen molar-refractivity contribution in [3.8, 4) is 0 Å². The summed E-state index contributed by atoms with van der Waals surface area (Å²) < 4.78 is 0.803. The van der Waals surface area contributed by atoms with E-state index in [0.717, 1.165) is 35.7 Å². The van der Waals surface area contributed by atoms with Crippen LogP contribution in [0.1, 0.15) is 41.6 Å². The van der Waals surface area contributed by atoms with Gasteiger partial charge in [0, 0.05) is 10.5 Å². The Kier molecular flexibility index (Phi) is 5.22. The van der Waals surface area contributed by atoms with Gasteiger partial charge in [0.1, 0.15) is 0 Å². The molecule has 1 fully saturated rings. The van der Waals surface area contributed by atoms with Gasteiger partial charge in [0.25, 0.3) is 5.91 Å². The lowest BCUT2D eigenvalue weighted by molar-refractivity contribution is 0.0711. The Morgan fingerprint density at radius 3 is 2.76 bits per heavy atom. The summed E-state index contributed by atoms with van der Waals surface area (Å²) in [7, 11) is 0. The van der Waals surface area contributed by atoms with Gasteiger partial charge in [0.15, 0.2) is 5.84 Å². The second-order valence-electron chi connectivity index (χ2n) is 5.40. The fourth-order valence-electron chi connectivity index (χ4n) is 2.76. The van der Waals surface area contributed by atoms with E-state index in [9.17, 15) is 4.79 Å². The second-order valence-corrected chi connectivity index (χ2v) is 6.19. The van der Waals surface area contributed by atoms with E-state index in [4.69, 9.17) is 10.9 Å². The molecule has 1 saturated carbocycles. The first kappa shape index (κ1) is 15.8. The van der Waals surface area contributed by atoms with Gasteiger partial charge in [-0.3, -0.25) is 4.79 Å². The molecule has 0 aromatic heterocycles. The molecule has 1 aromatic carbocycles. The summed E-state index contributed by atoms with van der Waals surface area (Å²) in [6.07, 6.45) is 4.15. The van der Waals surface area contributed by atoms with Crippen molar-refractivity contribution in [2.45, 2.75) is 38.6 Å². The molecule has 0 spiro atoms. The van der Waals surface area contributed by atoms with E-state index < -0.39 is 0 Å². The molecule has 21 heavy (non-hydrogen) atoms. The van der Waals surface area contributed by atoms with Crippen LogP contribution in [-0.4, -0.2) is 34.4 Å². The average molecular weight is 354 g/mol. The molecule has 1 amide bonds. The lowest BCUT2D eigenvalue weighted by Gasteiger charge is -2.29. The number of hydrogen-bond donors (Lipinski definition) is 2. The SMILES string of the molecule is Cc1cccc(C(=O)N(C/C(N)=N/O)C2CCCC2)c1Br. The number of carbonyl (C=O) groups excluding carboxylic acids is 1. The topological polar surface area (TPSA) is 78.9 Å². The molecule has 0 aliphatic heterocycles. The maximum absolute atomic E-state index is 12.9. The zero-order chi connectivity index (χ0) is 15.4. The van der Waals surface area contributed by atoms with Gasteiger partial charge in [-0.25, -0.2) is 0 Å².